The van der Waals surface area contributed by atoms with Crippen LogP contribution in [-0.4, -0.2) is 23.1 Å². The van der Waals surface area contributed by atoms with Crippen LogP contribution >= 0.6 is 15.9 Å². The van der Waals surface area contributed by atoms with Gasteiger partial charge in [-0.25, -0.2) is 4.79 Å². The van der Waals surface area contributed by atoms with Gasteiger partial charge in [0.15, 0.2) is 10.8 Å². The standard InChI is InChI=1S/C6H3BrFN3O2/c7-5(8)1-2-13-6(12)4(3-9)11-10/h1H,2H2/b5-1+. The van der Waals surface area contributed by atoms with Gasteiger partial charge < -0.3 is 10.3 Å². The molecule has 0 rings (SSSR count). The molecule has 0 aliphatic carbocycles. The summed E-state index contributed by atoms with van der Waals surface area (Å²) in [5, 5.41) is 8.16. The number of hydrogen-bond acceptors (Lipinski definition) is 3. The van der Waals surface area contributed by atoms with Crippen molar-refractivity contribution in [2.24, 2.45) is 0 Å². The van der Waals surface area contributed by atoms with Crippen LogP contribution in [0.1, 0.15) is 0 Å². The van der Waals surface area contributed by atoms with Gasteiger partial charge in [-0.1, -0.05) is 0 Å². The molecule has 0 aliphatic rings. The summed E-state index contributed by atoms with van der Waals surface area (Å²) in [6, 6.07) is 1.29. The molecule has 0 radical (unpaired) electrons. The largest absolute Gasteiger partial charge is 0.475 e. The van der Waals surface area contributed by atoms with Crippen molar-refractivity contribution >= 4 is 27.6 Å². The van der Waals surface area contributed by atoms with Gasteiger partial charge in [0.1, 0.15) is 6.61 Å². The maximum atomic E-state index is 12.0. The maximum absolute atomic E-state index is 12.0. The van der Waals surface area contributed by atoms with Gasteiger partial charge in [-0.3, -0.25) is 0 Å². The lowest BCUT2D eigenvalue weighted by Crippen LogP contribution is -2.16. The summed E-state index contributed by atoms with van der Waals surface area (Å²) >= 11 is 2.45. The van der Waals surface area contributed by atoms with Crippen LogP contribution < -0.4 is 0 Å². The van der Waals surface area contributed by atoms with Gasteiger partial charge in [0.05, 0.1) is 0 Å². The molecule has 0 N–H and O–H groups in total. The predicted molar refractivity (Wildman–Crippen MR) is 43.3 cm³/mol. The molecule has 0 saturated carbocycles. The Morgan fingerprint density at radius 2 is 2.46 bits per heavy atom. The van der Waals surface area contributed by atoms with E-state index in [4.69, 9.17) is 10.8 Å². The minimum atomic E-state index is -1.12. The molecule has 0 unspecified atom stereocenters. The number of rotatable bonds is 3. The van der Waals surface area contributed by atoms with E-state index in [9.17, 15) is 9.18 Å². The number of esters is 1. The van der Waals surface area contributed by atoms with E-state index in [-0.39, 0.29) is 6.61 Å². The minimum absolute atomic E-state index is 0.351. The molecule has 0 aromatic carbocycles. The zero-order valence-electron chi connectivity index (χ0n) is 6.20. The normalized spacial score (nSPS) is 9.77. The van der Waals surface area contributed by atoms with E-state index >= 15 is 0 Å². The lowest BCUT2D eigenvalue weighted by Gasteiger charge is -1.92. The molecular formula is C6H3BrFN3O2. The lowest BCUT2D eigenvalue weighted by atomic mass is 10.4. The molecule has 0 aromatic heterocycles. The smallest absolute Gasteiger partial charge is 0.452 e. The van der Waals surface area contributed by atoms with Crippen LogP contribution in [0.3, 0.4) is 0 Å². The van der Waals surface area contributed by atoms with E-state index in [1.54, 1.807) is 0 Å². The number of hydrogen-bond donors (Lipinski definition) is 0. The predicted octanol–water partition coefficient (Wildman–Crippen LogP) is 0.930. The Labute approximate surface area is 81.2 Å². The molecule has 68 valence electrons. The second kappa shape index (κ2) is 6.06. The molecule has 0 fully saturated rings. The van der Waals surface area contributed by atoms with Crippen molar-refractivity contribution in [3.63, 3.8) is 0 Å². The first kappa shape index (κ1) is 11.5. The second-order valence-electron chi connectivity index (χ2n) is 1.65. The van der Waals surface area contributed by atoms with Crippen LogP contribution in [0.2, 0.25) is 0 Å². The van der Waals surface area contributed by atoms with Crippen molar-refractivity contribution in [2.45, 2.75) is 0 Å². The number of ether oxygens (including phenoxy) is 1. The topological polar surface area (TPSA) is 86.5 Å². The Morgan fingerprint density at radius 1 is 1.85 bits per heavy atom. The number of carbonyl (C=O) groups excluding carboxylic acids is 1. The molecule has 5 nitrogen and oxygen atoms in total. The number of nitriles is 1. The summed E-state index contributed by atoms with van der Waals surface area (Å²) in [4.78, 5) is 13.0. The fourth-order valence-corrected chi connectivity index (χ4v) is 0.490. The molecule has 0 heterocycles. The second-order valence-corrected chi connectivity index (χ2v) is 2.41. The number of carbonyl (C=O) groups is 1. The molecule has 0 aliphatic heterocycles. The van der Waals surface area contributed by atoms with Gasteiger partial charge in [0, 0.05) is 0 Å². The third-order valence-corrected chi connectivity index (χ3v) is 1.18. The summed E-state index contributed by atoms with van der Waals surface area (Å²) in [5.41, 5.74) is 7.28. The van der Waals surface area contributed by atoms with Crippen molar-refractivity contribution in [1.29, 1.82) is 5.26 Å². The van der Waals surface area contributed by atoms with Crippen LogP contribution in [-0.2, 0) is 9.53 Å². The van der Waals surface area contributed by atoms with Gasteiger partial charge in [-0.15, -0.1) is 4.79 Å². The maximum Gasteiger partial charge on any atom is 0.475 e. The van der Waals surface area contributed by atoms with E-state index in [2.05, 4.69) is 25.5 Å². The Morgan fingerprint density at radius 3 is 2.85 bits per heavy atom. The van der Waals surface area contributed by atoms with Gasteiger partial charge in [-0.05, 0) is 22.0 Å². The van der Waals surface area contributed by atoms with Crippen molar-refractivity contribution in [3.8, 4) is 6.07 Å². The number of nitrogens with zero attached hydrogens (tertiary/aromatic N) is 3. The zero-order valence-corrected chi connectivity index (χ0v) is 7.78. The van der Waals surface area contributed by atoms with Crippen LogP contribution in [0.4, 0.5) is 4.39 Å². The molecule has 0 saturated heterocycles. The summed E-state index contributed by atoms with van der Waals surface area (Å²) in [6.45, 7) is -0.351. The highest BCUT2D eigenvalue weighted by Gasteiger charge is 2.20. The Kier molecular flexibility index (Phi) is 5.35. The molecule has 13 heavy (non-hydrogen) atoms. The summed E-state index contributed by atoms with van der Waals surface area (Å²) < 4.78 is 15.6. The highest BCUT2D eigenvalue weighted by molar-refractivity contribution is 9.11. The highest BCUT2D eigenvalue weighted by atomic mass is 79.9. The Balaban J connectivity index is 4.12. The van der Waals surface area contributed by atoms with Crippen molar-refractivity contribution in [3.05, 3.63) is 16.3 Å². The fraction of sp³-hybridized carbons (Fsp3) is 0.167. The van der Waals surface area contributed by atoms with Crippen LogP contribution in [0, 0.1) is 11.3 Å². The average Bonchev–Trinajstić information content (AvgIpc) is 2.05. The van der Waals surface area contributed by atoms with Crippen LogP contribution in [0.15, 0.2) is 10.8 Å². The minimum Gasteiger partial charge on any atom is -0.452 e. The summed E-state index contributed by atoms with van der Waals surface area (Å²) in [7, 11) is 0. The number of halogens is 2. The first-order chi connectivity index (χ1) is 6.11. The average molecular weight is 248 g/mol. The molecular weight excluding hydrogens is 245 g/mol. The molecule has 0 spiro atoms. The van der Waals surface area contributed by atoms with Gasteiger partial charge in [0.2, 0.25) is 0 Å². The summed E-state index contributed by atoms with van der Waals surface area (Å²) in [6.07, 6.45) is 0.921. The van der Waals surface area contributed by atoms with Crippen molar-refractivity contribution in [2.75, 3.05) is 6.61 Å². The Bertz CT molecular complexity index is 323. The Hall–Kier alpha value is -1.51. The van der Waals surface area contributed by atoms with E-state index in [1.165, 1.54) is 6.07 Å². The van der Waals surface area contributed by atoms with Gasteiger partial charge in [0.25, 0.3) is 0 Å². The molecule has 0 amide bonds. The molecule has 0 atom stereocenters. The lowest BCUT2D eigenvalue weighted by molar-refractivity contribution is -0.138. The van der Waals surface area contributed by atoms with Gasteiger partial charge in [-0.2, -0.15) is 9.65 Å². The SMILES string of the molecule is N#CC(=[N+]=[N-])C(=O)OC/C=C(/F)Br. The van der Waals surface area contributed by atoms with E-state index in [0.29, 0.717) is 0 Å². The van der Waals surface area contributed by atoms with Gasteiger partial charge >= 0.3 is 11.7 Å². The van der Waals surface area contributed by atoms with Crippen molar-refractivity contribution in [1.82, 2.24) is 0 Å². The third-order valence-electron chi connectivity index (χ3n) is 0.851. The van der Waals surface area contributed by atoms with Crippen molar-refractivity contribution < 1.29 is 18.7 Å². The molecule has 0 bridgehead atoms. The van der Waals surface area contributed by atoms with E-state index in [0.717, 1.165) is 6.08 Å². The first-order valence-electron chi connectivity index (χ1n) is 2.92. The zero-order chi connectivity index (χ0) is 10.3. The fourth-order valence-electron chi connectivity index (χ4n) is 0.358. The highest BCUT2D eigenvalue weighted by Crippen LogP contribution is 2.03. The van der Waals surface area contributed by atoms with Crippen LogP contribution in [0.5, 0.6) is 0 Å². The van der Waals surface area contributed by atoms with E-state index < -0.39 is 16.4 Å². The third kappa shape index (κ3) is 4.85. The molecule has 7 heteroatoms. The van der Waals surface area contributed by atoms with E-state index in [1.807, 2.05) is 0 Å². The summed E-state index contributed by atoms with van der Waals surface area (Å²) in [5.74, 6) is -1.12. The quantitative estimate of drug-likeness (QED) is 0.322. The first-order valence-corrected chi connectivity index (χ1v) is 3.71. The molecule has 0 aromatic rings. The monoisotopic (exact) mass is 247 g/mol. The van der Waals surface area contributed by atoms with Crippen LogP contribution in [0.25, 0.3) is 5.53 Å².